The second-order valence-electron chi connectivity index (χ2n) is 4.49. The van der Waals surface area contributed by atoms with E-state index in [0.717, 1.165) is 32.6 Å². The Morgan fingerprint density at radius 3 is 2.75 bits per heavy atom. The number of halogens is 3. The summed E-state index contributed by atoms with van der Waals surface area (Å²) < 4.78 is 3.69. The minimum atomic E-state index is -0.239. The largest absolute Gasteiger partial charge is 0.322 e. The van der Waals surface area contributed by atoms with Gasteiger partial charge in [-0.25, -0.2) is 0 Å². The summed E-state index contributed by atoms with van der Waals surface area (Å²) in [6.07, 6.45) is 2.34. The molecule has 0 spiro atoms. The van der Waals surface area contributed by atoms with Gasteiger partial charge in [0.2, 0.25) is 0 Å². The van der Waals surface area contributed by atoms with Gasteiger partial charge in [-0.2, -0.15) is 5.10 Å². The van der Waals surface area contributed by atoms with Gasteiger partial charge in [0.1, 0.15) is 0 Å². The molecule has 0 saturated heterocycles. The van der Waals surface area contributed by atoms with E-state index in [1.54, 1.807) is 6.20 Å². The molecule has 0 aliphatic rings. The molecule has 2 rings (SSSR count). The summed E-state index contributed by atoms with van der Waals surface area (Å²) in [7, 11) is 0. The second-order valence-corrected chi connectivity index (χ2v) is 6.64. The van der Waals surface area contributed by atoms with Gasteiger partial charge in [0.15, 0.2) is 0 Å². The van der Waals surface area contributed by atoms with E-state index in [2.05, 4.69) is 41.9 Å². The molecule has 0 aliphatic carbocycles. The highest BCUT2D eigenvalue weighted by molar-refractivity contribution is 9.11. The first-order valence-corrected chi connectivity index (χ1v) is 8.18. The molecule has 7 heteroatoms. The minimum Gasteiger partial charge on any atom is -0.322 e. The Bertz CT molecular complexity index is 627. The van der Waals surface area contributed by atoms with E-state index in [0.29, 0.717) is 11.4 Å². The first-order chi connectivity index (χ1) is 9.43. The average Bonchev–Trinajstić information content (AvgIpc) is 2.66. The summed E-state index contributed by atoms with van der Waals surface area (Å²) >= 11 is 13.2. The normalized spacial score (nSPS) is 12.7. The molecule has 2 aromatic rings. The maximum absolute atomic E-state index is 6.31. The standard InChI is InChI=1S/C13H15Br2ClN4/c1-3-20-11(12(16)7(2)19-20)5-10(17)13-9(15)4-8(14)6-18-13/h4,6,10H,3,5,17H2,1-2H3. The second kappa shape index (κ2) is 6.56. The molecule has 0 bridgehead atoms. The van der Waals surface area contributed by atoms with Crippen LogP contribution >= 0.6 is 43.5 Å². The van der Waals surface area contributed by atoms with E-state index in [1.165, 1.54) is 0 Å². The van der Waals surface area contributed by atoms with E-state index in [4.69, 9.17) is 17.3 Å². The monoisotopic (exact) mass is 420 g/mol. The van der Waals surface area contributed by atoms with Crippen molar-refractivity contribution in [2.45, 2.75) is 32.9 Å². The van der Waals surface area contributed by atoms with Gasteiger partial charge in [-0.05, 0) is 51.8 Å². The summed E-state index contributed by atoms with van der Waals surface area (Å²) in [4.78, 5) is 4.37. The average molecular weight is 423 g/mol. The third-order valence-electron chi connectivity index (χ3n) is 3.05. The number of hydrogen-bond donors (Lipinski definition) is 1. The number of rotatable bonds is 4. The molecule has 2 heterocycles. The molecule has 0 aromatic carbocycles. The quantitative estimate of drug-likeness (QED) is 0.809. The number of hydrogen-bond acceptors (Lipinski definition) is 3. The van der Waals surface area contributed by atoms with Crippen molar-refractivity contribution >= 4 is 43.5 Å². The highest BCUT2D eigenvalue weighted by Crippen LogP contribution is 2.28. The fourth-order valence-electron chi connectivity index (χ4n) is 2.07. The number of pyridine rings is 1. The Labute approximate surface area is 140 Å². The van der Waals surface area contributed by atoms with Crippen molar-refractivity contribution in [3.05, 3.63) is 43.3 Å². The Morgan fingerprint density at radius 1 is 1.45 bits per heavy atom. The van der Waals surface area contributed by atoms with Crippen molar-refractivity contribution in [3.8, 4) is 0 Å². The van der Waals surface area contributed by atoms with E-state index in [1.807, 2.05) is 24.6 Å². The van der Waals surface area contributed by atoms with Crippen LogP contribution in [0.1, 0.15) is 30.0 Å². The highest BCUT2D eigenvalue weighted by atomic mass is 79.9. The molecule has 0 fully saturated rings. The summed E-state index contributed by atoms with van der Waals surface area (Å²) in [5.74, 6) is 0. The van der Waals surface area contributed by atoms with Crippen LogP contribution < -0.4 is 5.73 Å². The molecule has 2 aromatic heterocycles. The summed E-state index contributed by atoms with van der Waals surface area (Å²) in [6, 6.07) is 1.70. The van der Waals surface area contributed by atoms with Crippen LogP contribution in [0, 0.1) is 6.92 Å². The van der Waals surface area contributed by atoms with Crippen LogP contribution in [0.3, 0.4) is 0 Å². The molecule has 4 nitrogen and oxygen atoms in total. The van der Waals surface area contributed by atoms with Crippen molar-refractivity contribution in [3.63, 3.8) is 0 Å². The van der Waals surface area contributed by atoms with Crippen molar-refractivity contribution in [2.24, 2.45) is 5.73 Å². The fourth-order valence-corrected chi connectivity index (χ4v) is 3.56. The first-order valence-electron chi connectivity index (χ1n) is 6.22. The van der Waals surface area contributed by atoms with Gasteiger partial charge in [0.25, 0.3) is 0 Å². The molecule has 1 atom stereocenters. The summed E-state index contributed by atoms with van der Waals surface area (Å²) in [5.41, 5.74) is 8.87. The van der Waals surface area contributed by atoms with E-state index in [9.17, 15) is 0 Å². The van der Waals surface area contributed by atoms with Gasteiger partial charge in [-0.15, -0.1) is 0 Å². The van der Waals surface area contributed by atoms with Crippen LogP contribution in [0.4, 0.5) is 0 Å². The van der Waals surface area contributed by atoms with Gasteiger partial charge in [0.05, 0.1) is 28.1 Å². The van der Waals surface area contributed by atoms with Crippen LogP contribution in [0.2, 0.25) is 5.02 Å². The Kier molecular flexibility index (Phi) is 5.23. The molecule has 2 N–H and O–H groups in total. The highest BCUT2D eigenvalue weighted by Gasteiger charge is 2.19. The number of aryl methyl sites for hydroxylation is 2. The molecule has 0 saturated carbocycles. The van der Waals surface area contributed by atoms with E-state index >= 15 is 0 Å². The van der Waals surface area contributed by atoms with Crippen LogP contribution in [-0.4, -0.2) is 14.8 Å². The molecule has 0 radical (unpaired) electrons. The van der Waals surface area contributed by atoms with Gasteiger partial charge in [-0.3, -0.25) is 9.67 Å². The van der Waals surface area contributed by atoms with Gasteiger partial charge in [-0.1, -0.05) is 11.6 Å². The Morgan fingerprint density at radius 2 is 2.15 bits per heavy atom. The van der Waals surface area contributed by atoms with Crippen molar-refractivity contribution in [1.82, 2.24) is 14.8 Å². The molecule has 0 amide bonds. The third-order valence-corrected chi connectivity index (χ3v) is 4.61. The Hall–Kier alpha value is -0.430. The van der Waals surface area contributed by atoms with Gasteiger partial charge in [0, 0.05) is 28.1 Å². The molecule has 108 valence electrons. The van der Waals surface area contributed by atoms with E-state index in [-0.39, 0.29) is 6.04 Å². The molecule has 0 aliphatic heterocycles. The summed E-state index contributed by atoms with van der Waals surface area (Å²) in [5, 5.41) is 5.09. The van der Waals surface area contributed by atoms with Crippen LogP contribution in [0.5, 0.6) is 0 Å². The molecular formula is C13H15Br2ClN4. The zero-order valence-electron chi connectivity index (χ0n) is 11.2. The zero-order chi connectivity index (χ0) is 14.9. The third kappa shape index (κ3) is 3.24. The SMILES string of the molecule is CCn1nc(C)c(Cl)c1CC(N)c1ncc(Br)cc1Br. The lowest BCUT2D eigenvalue weighted by molar-refractivity contribution is 0.581. The number of nitrogens with two attached hydrogens (primary N) is 1. The molecule has 1 unspecified atom stereocenters. The summed E-state index contributed by atoms with van der Waals surface area (Å²) in [6.45, 7) is 4.70. The lowest BCUT2D eigenvalue weighted by Gasteiger charge is -2.14. The fraction of sp³-hybridized carbons (Fsp3) is 0.385. The molecule has 20 heavy (non-hydrogen) atoms. The first kappa shape index (κ1) is 15.9. The lowest BCUT2D eigenvalue weighted by atomic mass is 10.1. The Balaban J connectivity index is 2.30. The van der Waals surface area contributed by atoms with Crippen molar-refractivity contribution < 1.29 is 0 Å². The topological polar surface area (TPSA) is 56.7 Å². The van der Waals surface area contributed by atoms with Crippen molar-refractivity contribution in [1.29, 1.82) is 0 Å². The predicted octanol–water partition coefficient (Wildman–Crippen LogP) is 4.03. The number of aromatic nitrogens is 3. The minimum absolute atomic E-state index is 0.239. The van der Waals surface area contributed by atoms with E-state index < -0.39 is 0 Å². The zero-order valence-corrected chi connectivity index (χ0v) is 15.1. The van der Waals surface area contributed by atoms with Crippen LogP contribution in [-0.2, 0) is 13.0 Å². The smallest absolute Gasteiger partial charge is 0.0847 e. The van der Waals surface area contributed by atoms with Crippen molar-refractivity contribution in [2.75, 3.05) is 0 Å². The number of nitrogens with zero attached hydrogens (tertiary/aromatic N) is 3. The lowest BCUT2D eigenvalue weighted by Crippen LogP contribution is -2.18. The molecular weight excluding hydrogens is 407 g/mol. The van der Waals surface area contributed by atoms with Crippen LogP contribution in [0.15, 0.2) is 21.2 Å². The van der Waals surface area contributed by atoms with Gasteiger partial charge < -0.3 is 5.73 Å². The predicted molar refractivity (Wildman–Crippen MR) is 87.9 cm³/mol. The maximum Gasteiger partial charge on any atom is 0.0847 e. The van der Waals surface area contributed by atoms with Gasteiger partial charge >= 0.3 is 0 Å². The maximum atomic E-state index is 6.31. The van der Waals surface area contributed by atoms with Crippen LogP contribution in [0.25, 0.3) is 0 Å².